The van der Waals surface area contributed by atoms with E-state index in [9.17, 15) is 10.0 Å². The van der Waals surface area contributed by atoms with Crippen molar-refractivity contribution in [2.75, 3.05) is 0 Å². The van der Waals surface area contributed by atoms with Crippen molar-refractivity contribution in [2.45, 2.75) is 6.61 Å². The summed E-state index contributed by atoms with van der Waals surface area (Å²) in [6, 6.07) is 9.24. The average molecular weight is 307 g/mol. The minimum absolute atomic E-state index is 0.109. The van der Waals surface area contributed by atoms with Gasteiger partial charge in [0.15, 0.2) is 0 Å². The first-order chi connectivity index (χ1) is 11.2. The molecule has 0 unspecified atom stereocenters. The Morgan fingerprint density at radius 2 is 2.13 bits per heavy atom. The first kappa shape index (κ1) is 13.6. The van der Waals surface area contributed by atoms with E-state index < -0.39 is 0 Å². The van der Waals surface area contributed by atoms with Gasteiger partial charge in [-0.15, -0.1) is 4.91 Å². The van der Waals surface area contributed by atoms with Crippen molar-refractivity contribution in [1.29, 1.82) is 0 Å². The molecule has 4 rings (SSSR count). The Morgan fingerprint density at radius 1 is 1.26 bits per heavy atom. The summed E-state index contributed by atoms with van der Waals surface area (Å²) in [7, 11) is 1.93. The molecule has 0 aliphatic heterocycles. The molecule has 7 heteroatoms. The monoisotopic (exact) mass is 307 g/mol. The molecule has 0 aliphatic carbocycles. The third-order valence-electron chi connectivity index (χ3n) is 3.92. The highest BCUT2D eigenvalue weighted by Crippen LogP contribution is 2.32. The lowest BCUT2D eigenvalue weighted by atomic mass is 10.1. The number of imidazole rings is 2. The highest BCUT2D eigenvalue weighted by atomic mass is 16.3. The highest BCUT2D eigenvalue weighted by Gasteiger charge is 2.16. The van der Waals surface area contributed by atoms with E-state index in [2.05, 4.69) is 15.1 Å². The van der Waals surface area contributed by atoms with Crippen LogP contribution in [0, 0.1) is 4.91 Å². The molecule has 0 radical (unpaired) electrons. The smallest absolute Gasteiger partial charge is 0.209 e. The molecule has 1 aromatic carbocycles. The van der Waals surface area contributed by atoms with Crippen molar-refractivity contribution in [1.82, 2.24) is 18.9 Å². The Kier molecular flexibility index (Phi) is 2.95. The molecule has 0 amide bonds. The molecule has 0 fully saturated rings. The molecule has 114 valence electrons. The van der Waals surface area contributed by atoms with Gasteiger partial charge >= 0.3 is 0 Å². The lowest BCUT2D eigenvalue weighted by Crippen LogP contribution is -1.89. The van der Waals surface area contributed by atoms with Crippen molar-refractivity contribution in [2.24, 2.45) is 12.2 Å². The number of aliphatic hydroxyl groups excluding tert-OH is 1. The number of benzene rings is 1. The van der Waals surface area contributed by atoms with Crippen molar-refractivity contribution in [3.63, 3.8) is 0 Å². The number of aromatic nitrogens is 4. The topological polar surface area (TPSA) is 84.8 Å². The van der Waals surface area contributed by atoms with E-state index >= 15 is 0 Å². The predicted molar refractivity (Wildman–Crippen MR) is 86.3 cm³/mol. The summed E-state index contributed by atoms with van der Waals surface area (Å²) >= 11 is 0. The third-order valence-corrected chi connectivity index (χ3v) is 3.92. The van der Waals surface area contributed by atoms with Crippen LogP contribution in [-0.2, 0) is 13.7 Å². The number of nitroso groups, excluding NO2 is 1. The molecule has 23 heavy (non-hydrogen) atoms. The Labute approximate surface area is 130 Å². The molecule has 1 N–H and O–H groups in total. The second-order valence-electron chi connectivity index (χ2n) is 5.36. The van der Waals surface area contributed by atoms with Gasteiger partial charge in [0.2, 0.25) is 5.82 Å². The van der Waals surface area contributed by atoms with Crippen LogP contribution in [0.2, 0.25) is 0 Å². The number of aliphatic hydroxyl groups is 1. The van der Waals surface area contributed by atoms with Crippen molar-refractivity contribution in [3.05, 3.63) is 53.3 Å². The quantitative estimate of drug-likeness (QED) is 0.590. The van der Waals surface area contributed by atoms with Crippen LogP contribution in [0.3, 0.4) is 0 Å². The van der Waals surface area contributed by atoms with E-state index in [1.165, 1.54) is 0 Å². The van der Waals surface area contributed by atoms with Gasteiger partial charge in [-0.05, 0) is 28.9 Å². The zero-order chi connectivity index (χ0) is 16.0. The number of nitrogens with zero attached hydrogens (tertiary/aromatic N) is 5. The Morgan fingerprint density at radius 3 is 2.91 bits per heavy atom. The maximum Gasteiger partial charge on any atom is 0.209 e. The fourth-order valence-corrected chi connectivity index (χ4v) is 2.73. The molecule has 3 heterocycles. The van der Waals surface area contributed by atoms with Gasteiger partial charge < -0.3 is 9.67 Å². The summed E-state index contributed by atoms with van der Waals surface area (Å²) < 4.78 is 3.52. The fraction of sp³-hybridized carbons (Fsp3) is 0.125. The maximum absolute atomic E-state index is 11.3. The van der Waals surface area contributed by atoms with Crippen LogP contribution in [-0.4, -0.2) is 24.0 Å². The Balaban J connectivity index is 1.97. The molecule has 0 atom stereocenters. The van der Waals surface area contributed by atoms with Crippen LogP contribution in [0.4, 0.5) is 5.82 Å². The molecular weight excluding hydrogens is 294 g/mol. The molecular formula is C16H13N5O2. The Bertz CT molecular complexity index is 1050. The average Bonchev–Trinajstić information content (AvgIpc) is 3.14. The zero-order valence-corrected chi connectivity index (χ0v) is 12.3. The van der Waals surface area contributed by atoms with E-state index in [0.717, 1.165) is 16.6 Å². The molecule has 3 aromatic heterocycles. The number of aryl methyl sites for hydroxylation is 1. The number of pyridine rings is 1. The third kappa shape index (κ3) is 2.01. The van der Waals surface area contributed by atoms with Crippen LogP contribution < -0.4 is 0 Å². The van der Waals surface area contributed by atoms with Gasteiger partial charge in [-0.3, -0.25) is 4.40 Å². The van der Waals surface area contributed by atoms with Crippen molar-refractivity contribution < 1.29 is 5.11 Å². The lowest BCUT2D eigenvalue weighted by molar-refractivity contribution is 0.281. The van der Waals surface area contributed by atoms with Gasteiger partial charge in [0.1, 0.15) is 11.3 Å². The normalized spacial score (nSPS) is 11.4. The van der Waals surface area contributed by atoms with Gasteiger partial charge in [-0.1, -0.05) is 12.1 Å². The molecule has 0 saturated carbocycles. The number of hydrogen-bond donors (Lipinski definition) is 1. The van der Waals surface area contributed by atoms with E-state index in [4.69, 9.17) is 0 Å². The largest absolute Gasteiger partial charge is 0.392 e. The van der Waals surface area contributed by atoms with Crippen molar-refractivity contribution in [3.8, 4) is 11.3 Å². The van der Waals surface area contributed by atoms with E-state index in [-0.39, 0.29) is 12.4 Å². The van der Waals surface area contributed by atoms with Crippen LogP contribution in [0.1, 0.15) is 5.56 Å². The van der Waals surface area contributed by atoms with E-state index in [0.29, 0.717) is 16.9 Å². The second-order valence-corrected chi connectivity index (χ2v) is 5.36. The summed E-state index contributed by atoms with van der Waals surface area (Å²) in [6.07, 6.45) is 3.41. The highest BCUT2D eigenvalue weighted by molar-refractivity contribution is 5.84. The predicted octanol–water partition coefficient (Wildman–Crippen LogP) is 2.78. The molecule has 4 aromatic rings. The Hall–Kier alpha value is -3.06. The van der Waals surface area contributed by atoms with Crippen LogP contribution in [0.15, 0.2) is 48.0 Å². The summed E-state index contributed by atoms with van der Waals surface area (Å²) in [4.78, 5) is 20.2. The standard InChI is InChI=1S/C16H13N5O2/c1-20-9-17-12-6-11(3-4-13(12)20)15-16(19-23)21-7-10(8-22)2-5-14(21)18-15/h2-7,9,22H,8H2,1H3. The molecule has 0 spiro atoms. The van der Waals surface area contributed by atoms with Gasteiger partial charge in [-0.2, -0.15) is 0 Å². The molecule has 7 nitrogen and oxygen atoms in total. The second kappa shape index (κ2) is 4.99. The molecule has 0 aliphatic rings. The summed E-state index contributed by atoms with van der Waals surface area (Å²) in [6.45, 7) is -0.109. The zero-order valence-electron chi connectivity index (χ0n) is 12.3. The minimum atomic E-state index is -0.109. The van der Waals surface area contributed by atoms with Gasteiger partial charge in [0.25, 0.3) is 0 Å². The molecule has 0 bridgehead atoms. The van der Waals surface area contributed by atoms with Crippen LogP contribution in [0.25, 0.3) is 27.9 Å². The molecule has 0 saturated heterocycles. The van der Waals surface area contributed by atoms with Crippen LogP contribution >= 0.6 is 0 Å². The first-order valence-electron chi connectivity index (χ1n) is 7.08. The van der Waals surface area contributed by atoms with Gasteiger partial charge in [0.05, 0.1) is 24.0 Å². The van der Waals surface area contributed by atoms with Crippen LogP contribution in [0.5, 0.6) is 0 Å². The van der Waals surface area contributed by atoms with E-state index in [1.807, 2.05) is 29.8 Å². The maximum atomic E-state index is 11.3. The van der Waals surface area contributed by atoms with Crippen molar-refractivity contribution >= 4 is 22.5 Å². The SMILES string of the molecule is Cn1cnc2cc(-c3nc4ccc(CO)cn4c3N=O)ccc21. The summed E-state index contributed by atoms with van der Waals surface area (Å²) in [5.74, 6) is 0.214. The van der Waals surface area contributed by atoms with Gasteiger partial charge in [-0.25, -0.2) is 9.97 Å². The lowest BCUT2D eigenvalue weighted by Gasteiger charge is -2.00. The summed E-state index contributed by atoms with van der Waals surface area (Å²) in [5.41, 5.74) is 4.40. The number of rotatable bonds is 3. The van der Waals surface area contributed by atoms with Gasteiger partial charge in [0, 0.05) is 18.8 Å². The minimum Gasteiger partial charge on any atom is -0.392 e. The first-order valence-corrected chi connectivity index (χ1v) is 7.08. The number of fused-ring (bicyclic) bond motifs is 2. The summed E-state index contributed by atoms with van der Waals surface area (Å²) in [5, 5.41) is 12.4. The van der Waals surface area contributed by atoms with E-state index in [1.54, 1.807) is 29.1 Å². The fourth-order valence-electron chi connectivity index (χ4n) is 2.73. The number of hydrogen-bond acceptors (Lipinski definition) is 5.